The van der Waals surface area contributed by atoms with Gasteiger partial charge >= 0.3 is 0 Å². The van der Waals surface area contributed by atoms with Crippen LogP contribution in [-0.4, -0.2) is 0 Å². The molecular formula is C29H32N+. The average Bonchev–Trinajstić information content (AvgIpc) is 3.29. The number of nitrogens with zero attached hydrogens (tertiary/aromatic N) is 1. The molecule has 1 fully saturated rings. The summed E-state index contributed by atoms with van der Waals surface area (Å²) in [5, 5.41) is 4.65. The van der Waals surface area contributed by atoms with E-state index >= 15 is 0 Å². The summed E-state index contributed by atoms with van der Waals surface area (Å²) in [5.74, 6) is 0.690. The maximum Gasteiger partial charge on any atom is 0.220 e. The number of benzene rings is 3. The van der Waals surface area contributed by atoms with E-state index in [0.29, 0.717) is 12.0 Å². The number of hydrogen-bond donors (Lipinski definition) is 0. The quantitative estimate of drug-likeness (QED) is 0.246. The van der Waals surface area contributed by atoms with E-state index in [1.54, 1.807) is 0 Å². The van der Waals surface area contributed by atoms with Gasteiger partial charge in [-0.25, -0.2) is 0 Å². The van der Waals surface area contributed by atoms with Gasteiger partial charge in [0.25, 0.3) is 0 Å². The monoisotopic (exact) mass is 395 g/mol. The third-order valence-electron chi connectivity index (χ3n) is 7.35. The topological polar surface area (TPSA) is 3.88 Å². The van der Waals surface area contributed by atoms with Crippen molar-refractivity contribution in [3.63, 3.8) is 0 Å². The van der Waals surface area contributed by atoms with Crippen LogP contribution in [-0.2, 0) is 7.05 Å². The first-order valence-corrected chi connectivity index (χ1v) is 11.3. The van der Waals surface area contributed by atoms with Gasteiger partial charge < -0.3 is 0 Å². The van der Waals surface area contributed by atoms with E-state index in [4.69, 9.17) is 1.37 Å². The maximum atomic E-state index is 8.98. The van der Waals surface area contributed by atoms with Crippen molar-refractivity contribution in [1.82, 2.24) is 0 Å². The van der Waals surface area contributed by atoms with Crippen LogP contribution in [0.3, 0.4) is 0 Å². The van der Waals surface area contributed by atoms with Crippen LogP contribution in [0, 0.1) is 27.7 Å². The van der Waals surface area contributed by atoms with Gasteiger partial charge in [0.15, 0.2) is 5.69 Å². The fourth-order valence-electron chi connectivity index (χ4n) is 5.35. The zero-order chi connectivity index (χ0) is 21.9. The highest BCUT2D eigenvalue weighted by molar-refractivity contribution is 6.11. The van der Waals surface area contributed by atoms with E-state index in [1.165, 1.54) is 75.4 Å². The Morgan fingerprint density at radius 3 is 2.37 bits per heavy atom. The molecule has 4 aromatic rings. The van der Waals surface area contributed by atoms with Crippen LogP contribution < -0.4 is 4.57 Å². The number of aromatic nitrogens is 1. The van der Waals surface area contributed by atoms with Crippen LogP contribution in [0.15, 0.2) is 48.5 Å². The SMILES string of the molecule is [2H]c1c(C)[n+](C)c(-c2cc(C3CCCC3)cc(C)c2C)c2ccc3cc(C)ccc3c12. The van der Waals surface area contributed by atoms with E-state index in [-0.39, 0.29) is 0 Å². The fourth-order valence-corrected chi connectivity index (χ4v) is 5.35. The molecule has 0 unspecified atom stereocenters. The van der Waals surface area contributed by atoms with Gasteiger partial charge in [0, 0.05) is 18.4 Å². The molecule has 0 saturated heterocycles. The van der Waals surface area contributed by atoms with E-state index in [9.17, 15) is 0 Å². The first-order valence-electron chi connectivity index (χ1n) is 11.8. The molecule has 5 rings (SSSR count). The minimum absolute atomic E-state index is 0.636. The van der Waals surface area contributed by atoms with Gasteiger partial charge in [0.05, 0.1) is 12.3 Å². The largest absolute Gasteiger partial charge is 0.220 e. The lowest BCUT2D eigenvalue weighted by molar-refractivity contribution is -0.665. The van der Waals surface area contributed by atoms with E-state index < -0.39 is 0 Å². The van der Waals surface area contributed by atoms with Crippen molar-refractivity contribution in [3.05, 3.63) is 76.5 Å². The molecule has 1 nitrogen and oxygen atoms in total. The maximum absolute atomic E-state index is 8.98. The Morgan fingerprint density at radius 1 is 0.867 bits per heavy atom. The predicted octanol–water partition coefficient (Wildman–Crippen LogP) is 7.38. The molecule has 1 aliphatic carbocycles. The first kappa shape index (κ1) is 18.1. The molecule has 1 heteroatoms. The first-order chi connectivity index (χ1) is 14.9. The molecule has 0 aliphatic heterocycles. The third-order valence-corrected chi connectivity index (χ3v) is 7.35. The Hall–Kier alpha value is -2.67. The Bertz CT molecular complexity index is 1340. The zero-order valence-electron chi connectivity index (χ0n) is 19.9. The van der Waals surface area contributed by atoms with E-state index in [0.717, 1.165) is 11.1 Å². The fraction of sp³-hybridized carbons (Fsp3) is 0.345. The Kier molecular flexibility index (Phi) is 4.37. The summed E-state index contributed by atoms with van der Waals surface area (Å²) in [5.41, 5.74) is 9.05. The summed E-state index contributed by atoms with van der Waals surface area (Å²) < 4.78 is 11.2. The number of rotatable bonds is 2. The average molecular weight is 396 g/mol. The lowest BCUT2D eigenvalue weighted by Gasteiger charge is -2.17. The second-order valence-electron chi connectivity index (χ2n) is 9.32. The molecule has 152 valence electrons. The molecule has 1 aliphatic rings. The van der Waals surface area contributed by atoms with Crippen LogP contribution in [0.4, 0.5) is 0 Å². The molecule has 0 bridgehead atoms. The van der Waals surface area contributed by atoms with E-state index in [2.05, 4.69) is 81.8 Å². The smallest absolute Gasteiger partial charge is 0.198 e. The molecule has 0 N–H and O–H groups in total. The molecular weight excluding hydrogens is 362 g/mol. The van der Waals surface area contributed by atoms with Crippen molar-refractivity contribution in [2.24, 2.45) is 7.05 Å². The standard InChI is InChI=1S/C29H32N/c1-18-10-12-25-23(14-18)11-13-26-28(25)16-20(3)30(5)29(26)27-17-24(15-19(2)21(27)4)22-8-6-7-9-22/h10-17,22H,6-9H2,1-5H3/q+1/i16D. The van der Waals surface area contributed by atoms with Gasteiger partial charge in [-0.15, -0.1) is 0 Å². The number of hydrogen-bond acceptors (Lipinski definition) is 0. The minimum atomic E-state index is 0.636. The molecule has 0 amide bonds. The highest BCUT2D eigenvalue weighted by Gasteiger charge is 2.24. The van der Waals surface area contributed by atoms with Crippen LogP contribution in [0.5, 0.6) is 0 Å². The van der Waals surface area contributed by atoms with Gasteiger partial charge in [0.1, 0.15) is 7.05 Å². The number of pyridine rings is 1. The Labute approximate surface area is 181 Å². The summed E-state index contributed by atoms with van der Waals surface area (Å²) in [7, 11) is 2.12. The number of fused-ring (bicyclic) bond motifs is 3. The summed E-state index contributed by atoms with van der Waals surface area (Å²) in [6.07, 6.45) is 5.32. The normalized spacial score (nSPS) is 15.3. The van der Waals surface area contributed by atoms with Crippen molar-refractivity contribution in [2.45, 2.75) is 59.3 Å². The molecule has 1 aromatic heterocycles. The van der Waals surface area contributed by atoms with Gasteiger partial charge in [-0.05, 0) is 79.1 Å². The van der Waals surface area contributed by atoms with Crippen molar-refractivity contribution >= 4 is 21.5 Å². The number of aryl methyl sites for hydroxylation is 2. The van der Waals surface area contributed by atoms with Gasteiger partial charge in [0.2, 0.25) is 5.69 Å². The minimum Gasteiger partial charge on any atom is -0.198 e. The lowest BCUT2D eigenvalue weighted by atomic mass is 9.88. The summed E-state index contributed by atoms with van der Waals surface area (Å²) in [4.78, 5) is 0. The molecule has 30 heavy (non-hydrogen) atoms. The highest BCUT2D eigenvalue weighted by Crippen LogP contribution is 2.39. The van der Waals surface area contributed by atoms with Gasteiger partial charge in [-0.3, -0.25) is 0 Å². The molecule has 1 saturated carbocycles. The van der Waals surface area contributed by atoms with Crippen molar-refractivity contribution in [1.29, 1.82) is 0 Å². The van der Waals surface area contributed by atoms with E-state index in [1.807, 2.05) is 0 Å². The Morgan fingerprint density at radius 2 is 1.60 bits per heavy atom. The zero-order valence-corrected chi connectivity index (χ0v) is 18.9. The van der Waals surface area contributed by atoms with Crippen LogP contribution in [0.2, 0.25) is 0 Å². The molecule has 3 aromatic carbocycles. The Balaban J connectivity index is 1.88. The second kappa shape index (κ2) is 7.23. The van der Waals surface area contributed by atoms with Gasteiger partial charge in [-0.1, -0.05) is 48.7 Å². The molecule has 1 heterocycles. The van der Waals surface area contributed by atoms with Gasteiger partial charge in [-0.2, -0.15) is 4.57 Å². The molecule has 0 spiro atoms. The van der Waals surface area contributed by atoms with Crippen LogP contribution >= 0.6 is 0 Å². The molecule has 0 atom stereocenters. The third kappa shape index (κ3) is 3.03. The van der Waals surface area contributed by atoms with Crippen molar-refractivity contribution < 1.29 is 5.94 Å². The summed E-state index contributed by atoms with van der Waals surface area (Å²) >= 11 is 0. The lowest BCUT2D eigenvalue weighted by Crippen LogP contribution is -2.35. The van der Waals surface area contributed by atoms with Crippen molar-refractivity contribution in [3.8, 4) is 11.3 Å². The van der Waals surface area contributed by atoms with Crippen molar-refractivity contribution in [2.75, 3.05) is 0 Å². The van der Waals surface area contributed by atoms with Crippen LogP contribution in [0.25, 0.3) is 32.8 Å². The summed E-state index contributed by atoms with van der Waals surface area (Å²) in [6.45, 7) is 8.72. The highest BCUT2D eigenvalue weighted by atomic mass is 14.9. The molecule has 0 radical (unpaired) electrons. The predicted molar refractivity (Wildman–Crippen MR) is 128 cm³/mol. The second-order valence-corrected chi connectivity index (χ2v) is 9.32. The van der Waals surface area contributed by atoms with Crippen LogP contribution in [0.1, 0.15) is 60.9 Å². The summed E-state index contributed by atoms with van der Waals surface area (Å²) in [6, 6.07) is 16.6.